The average molecular weight is 343 g/mol. The second kappa shape index (κ2) is 7.05. The van der Waals surface area contributed by atoms with E-state index in [1.54, 1.807) is 17.0 Å². The summed E-state index contributed by atoms with van der Waals surface area (Å²) in [6.45, 7) is 3.66. The standard InChI is InChI=1S/C19H19ClN2O2/c1-2-21-18(23)14-7-8-15-12-22(10-9-13(15)11-14)19(24)16-5-3-4-6-17(16)20/h3-8,11H,2,9-10,12H2,1H3,(H,21,23). The number of carbonyl (C=O) groups is 2. The molecule has 1 N–H and O–H groups in total. The first-order chi connectivity index (χ1) is 11.6. The summed E-state index contributed by atoms with van der Waals surface area (Å²) < 4.78 is 0. The lowest BCUT2D eigenvalue weighted by Gasteiger charge is -2.29. The summed E-state index contributed by atoms with van der Waals surface area (Å²) in [5.74, 6) is -0.117. The van der Waals surface area contributed by atoms with Gasteiger partial charge in [-0.25, -0.2) is 0 Å². The van der Waals surface area contributed by atoms with Gasteiger partial charge in [0.2, 0.25) is 0 Å². The molecule has 1 aliphatic rings. The van der Waals surface area contributed by atoms with Crippen molar-refractivity contribution in [2.75, 3.05) is 13.1 Å². The summed E-state index contributed by atoms with van der Waals surface area (Å²) in [5.41, 5.74) is 3.40. The number of fused-ring (bicyclic) bond motifs is 1. The molecule has 1 heterocycles. The molecular formula is C19H19ClN2O2. The molecule has 0 saturated heterocycles. The molecule has 0 saturated carbocycles. The fourth-order valence-electron chi connectivity index (χ4n) is 2.94. The van der Waals surface area contributed by atoms with E-state index in [9.17, 15) is 9.59 Å². The number of rotatable bonds is 3. The third-order valence-corrected chi connectivity index (χ3v) is 4.54. The number of halogens is 1. The summed E-state index contributed by atoms with van der Waals surface area (Å²) in [6.07, 6.45) is 0.735. The first kappa shape index (κ1) is 16.5. The van der Waals surface area contributed by atoms with Gasteiger partial charge in [-0.15, -0.1) is 0 Å². The van der Waals surface area contributed by atoms with Gasteiger partial charge in [-0.2, -0.15) is 0 Å². The van der Waals surface area contributed by atoms with Gasteiger partial charge in [0, 0.05) is 25.2 Å². The van der Waals surface area contributed by atoms with Crippen molar-refractivity contribution in [3.8, 4) is 0 Å². The Morgan fingerprint density at radius 3 is 2.71 bits per heavy atom. The third kappa shape index (κ3) is 3.29. The Morgan fingerprint density at radius 2 is 1.96 bits per heavy atom. The molecule has 2 amide bonds. The van der Waals surface area contributed by atoms with Crippen LogP contribution in [0.15, 0.2) is 42.5 Å². The summed E-state index contributed by atoms with van der Waals surface area (Å²) in [5, 5.41) is 3.28. The highest BCUT2D eigenvalue weighted by atomic mass is 35.5. The molecule has 1 aliphatic heterocycles. The van der Waals surface area contributed by atoms with Crippen LogP contribution < -0.4 is 5.32 Å². The van der Waals surface area contributed by atoms with E-state index in [1.807, 2.05) is 37.3 Å². The molecule has 3 rings (SSSR count). The van der Waals surface area contributed by atoms with Crippen molar-refractivity contribution in [2.45, 2.75) is 19.9 Å². The molecule has 24 heavy (non-hydrogen) atoms. The molecule has 2 aromatic rings. The molecule has 124 valence electrons. The van der Waals surface area contributed by atoms with Crippen molar-refractivity contribution >= 4 is 23.4 Å². The summed E-state index contributed by atoms with van der Waals surface area (Å²) >= 11 is 6.13. The van der Waals surface area contributed by atoms with Crippen LogP contribution in [0.25, 0.3) is 0 Å². The molecule has 0 atom stereocenters. The van der Waals surface area contributed by atoms with E-state index < -0.39 is 0 Å². The highest BCUT2D eigenvalue weighted by molar-refractivity contribution is 6.33. The van der Waals surface area contributed by atoms with E-state index in [0.717, 1.165) is 17.5 Å². The second-order valence-corrected chi connectivity index (χ2v) is 6.21. The molecule has 5 heteroatoms. The molecule has 0 radical (unpaired) electrons. The van der Waals surface area contributed by atoms with Crippen LogP contribution in [0.1, 0.15) is 38.8 Å². The Hall–Kier alpha value is -2.33. The van der Waals surface area contributed by atoms with Crippen LogP contribution in [0.3, 0.4) is 0 Å². The van der Waals surface area contributed by atoms with Gasteiger partial charge >= 0.3 is 0 Å². The Labute approximate surface area is 146 Å². The van der Waals surface area contributed by atoms with Gasteiger partial charge in [-0.05, 0) is 48.7 Å². The zero-order valence-electron chi connectivity index (χ0n) is 13.5. The van der Waals surface area contributed by atoms with Crippen LogP contribution in [-0.2, 0) is 13.0 Å². The van der Waals surface area contributed by atoms with Crippen LogP contribution in [-0.4, -0.2) is 29.8 Å². The van der Waals surface area contributed by atoms with Crippen molar-refractivity contribution in [1.82, 2.24) is 10.2 Å². The molecular weight excluding hydrogens is 324 g/mol. The van der Waals surface area contributed by atoms with Crippen LogP contribution in [0.2, 0.25) is 5.02 Å². The van der Waals surface area contributed by atoms with Crippen molar-refractivity contribution in [3.05, 3.63) is 69.7 Å². The molecule has 4 nitrogen and oxygen atoms in total. The molecule has 0 aromatic heterocycles. The monoisotopic (exact) mass is 342 g/mol. The highest BCUT2D eigenvalue weighted by Gasteiger charge is 2.23. The minimum atomic E-state index is -0.0603. The lowest BCUT2D eigenvalue weighted by Crippen LogP contribution is -2.36. The van der Waals surface area contributed by atoms with Gasteiger partial charge in [0.05, 0.1) is 10.6 Å². The lowest BCUT2D eigenvalue weighted by molar-refractivity contribution is 0.0734. The van der Waals surface area contributed by atoms with E-state index in [-0.39, 0.29) is 11.8 Å². The zero-order chi connectivity index (χ0) is 17.1. The van der Waals surface area contributed by atoms with Crippen molar-refractivity contribution < 1.29 is 9.59 Å². The molecule has 2 aromatic carbocycles. The quantitative estimate of drug-likeness (QED) is 0.930. The van der Waals surface area contributed by atoms with Gasteiger partial charge < -0.3 is 10.2 Å². The maximum atomic E-state index is 12.7. The number of amides is 2. The molecule has 0 unspecified atom stereocenters. The SMILES string of the molecule is CCNC(=O)c1ccc2c(c1)CCN(C(=O)c1ccccc1Cl)C2. The smallest absolute Gasteiger partial charge is 0.255 e. The minimum Gasteiger partial charge on any atom is -0.352 e. The van der Waals surface area contributed by atoms with Crippen molar-refractivity contribution in [1.29, 1.82) is 0 Å². The Bertz CT molecular complexity index is 789. The Balaban J connectivity index is 1.79. The second-order valence-electron chi connectivity index (χ2n) is 5.80. The van der Waals surface area contributed by atoms with Crippen LogP contribution in [0.5, 0.6) is 0 Å². The first-order valence-corrected chi connectivity index (χ1v) is 8.41. The number of hydrogen-bond donors (Lipinski definition) is 1. The van der Waals surface area contributed by atoms with Crippen molar-refractivity contribution in [3.63, 3.8) is 0 Å². The molecule has 0 spiro atoms. The Kier molecular flexibility index (Phi) is 4.86. The molecule has 0 aliphatic carbocycles. The fraction of sp³-hybridized carbons (Fsp3) is 0.263. The van der Waals surface area contributed by atoms with E-state index in [1.165, 1.54) is 0 Å². The van der Waals surface area contributed by atoms with Gasteiger partial charge in [-0.3, -0.25) is 9.59 Å². The van der Waals surface area contributed by atoms with Crippen molar-refractivity contribution in [2.24, 2.45) is 0 Å². The predicted octanol–water partition coefficient (Wildman–Crippen LogP) is 3.29. The Morgan fingerprint density at radius 1 is 1.17 bits per heavy atom. The summed E-state index contributed by atoms with van der Waals surface area (Å²) in [6, 6.07) is 12.8. The normalized spacial score (nSPS) is 13.3. The van der Waals surface area contributed by atoms with E-state index in [0.29, 0.717) is 35.8 Å². The van der Waals surface area contributed by atoms with Gasteiger partial charge in [0.1, 0.15) is 0 Å². The van der Waals surface area contributed by atoms with E-state index in [2.05, 4.69) is 5.32 Å². The van der Waals surface area contributed by atoms with Gasteiger partial charge in [0.25, 0.3) is 11.8 Å². The number of benzene rings is 2. The number of hydrogen-bond acceptors (Lipinski definition) is 2. The highest BCUT2D eigenvalue weighted by Crippen LogP contribution is 2.24. The van der Waals surface area contributed by atoms with Gasteiger partial charge in [-0.1, -0.05) is 29.8 Å². The van der Waals surface area contributed by atoms with Crippen LogP contribution in [0, 0.1) is 0 Å². The molecule has 0 fully saturated rings. The van der Waals surface area contributed by atoms with Crippen LogP contribution in [0.4, 0.5) is 0 Å². The third-order valence-electron chi connectivity index (χ3n) is 4.21. The average Bonchev–Trinajstić information content (AvgIpc) is 2.61. The zero-order valence-corrected chi connectivity index (χ0v) is 14.3. The number of nitrogens with zero attached hydrogens (tertiary/aromatic N) is 1. The van der Waals surface area contributed by atoms with Gasteiger partial charge in [0.15, 0.2) is 0 Å². The summed E-state index contributed by atoms with van der Waals surface area (Å²) in [4.78, 5) is 26.4. The maximum Gasteiger partial charge on any atom is 0.255 e. The van der Waals surface area contributed by atoms with E-state index in [4.69, 9.17) is 11.6 Å². The van der Waals surface area contributed by atoms with Crippen LogP contribution >= 0.6 is 11.6 Å². The molecule has 0 bridgehead atoms. The van der Waals surface area contributed by atoms with E-state index >= 15 is 0 Å². The largest absolute Gasteiger partial charge is 0.352 e. The summed E-state index contributed by atoms with van der Waals surface area (Å²) in [7, 11) is 0. The fourth-order valence-corrected chi connectivity index (χ4v) is 3.15. The topological polar surface area (TPSA) is 49.4 Å². The predicted molar refractivity (Wildman–Crippen MR) is 94.3 cm³/mol. The minimum absolute atomic E-state index is 0.0564. The first-order valence-electron chi connectivity index (χ1n) is 8.04. The number of nitrogens with one attached hydrogen (secondary N) is 1. The number of carbonyl (C=O) groups excluding carboxylic acids is 2. The lowest BCUT2D eigenvalue weighted by atomic mass is 9.96. The maximum absolute atomic E-state index is 12.7.